The lowest BCUT2D eigenvalue weighted by Crippen LogP contribution is -1.99. The molecule has 0 unspecified atom stereocenters. The minimum Gasteiger partial charge on any atom is -0.469 e. The Morgan fingerprint density at radius 1 is 1.18 bits per heavy atom. The molecule has 0 aromatic rings. The molecule has 0 atom stereocenters. The summed E-state index contributed by atoms with van der Waals surface area (Å²) in [5.74, 6) is -0.160. The Bertz CT molecular complexity index is 102. The molecule has 1 radical (unpaired) electrons. The maximum absolute atomic E-state index is 10.6. The van der Waals surface area contributed by atoms with E-state index in [1.807, 2.05) is 0 Å². The average Bonchev–Trinajstić information content (AvgIpc) is 2.04. The van der Waals surface area contributed by atoms with Crippen molar-refractivity contribution >= 4 is 5.97 Å². The number of esters is 1. The summed E-state index contributed by atoms with van der Waals surface area (Å²) in [5.41, 5.74) is 0. The van der Waals surface area contributed by atoms with Crippen LogP contribution in [0.2, 0.25) is 0 Å². The predicted octanol–water partition coefficient (Wildman–Crippen LogP) is 1.54. The largest absolute Gasteiger partial charge is 0.469 e. The van der Waals surface area contributed by atoms with Crippen LogP contribution in [-0.2, 0) is 14.6 Å². The van der Waals surface area contributed by atoms with Gasteiger partial charge in [0.1, 0.15) is 0 Å². The smallest absolute Gasteiger partial charge is 0.305 e. The van der Waals surface area contributed by atoms with Crippen molar-refractivity contribution in [3.05, 3.63) is 0 Å². The lowest BCUT2D eigenvalue weighted by Gasteiger charge is -1.97. The maximum Gasteiger partial charge on any atom is 0.305 e. The summed E-state index contributed by atoms with van der Waals surface area (Å²) in [6, 6.07) is 0. The Morgan fingerprint density at radius 2 is 1.82 bits per heavy atom. The lowest BCUT2D eigenvalue weighted by molar-refractivity contribution is -0.140. The minimum absolute atomic E-state index is 0.00176. The van der Waals surface area contributed by atoms with Crippen molar-refractivity contribution in [2.75, 3.05) is 13.7 Å². The van der Waals surface area contributed by atoms with Gasteiger partial charge in [0.25, 0.3) is 0 Å². The Morgan fingerprint density at radius 3 is 2.36 bits per heavy atom. The zero-order chi connectivity index (χ0) is 8.53. The van der Waals surface area contributed by atoms with Gasteiger partial charge in [-0.15, -0.1) is 0 Å². The molecule has 0 aliphatic rings. The highest BCUT2D eigenvalue weighted by Crippen LogP contribution is 2.02. The van der Waals surface area contributed by atoms with E-state index in [9.17, 15) is 9.90 Å². The van der Waals surface area contributed by atoms with Crippen LogP contribution in [0.5, 0.6) is 0 Å². The third kappa shape index (κ3) is 7.33. The number of carbonyl (C=O) groups is 1. The number of rotatable bonds is 6. The van der Waals surface area contributed by atoms with Gasteiger partial charge in [0.2, 0.25) is 0 Å². The molecule has 0 fully saturated rings. The van der Waals surface area contributed by atoms with Gasteiger partial charge in [-0.2, -0.15) is 0 Å². The molecule has 0 rings (SSSR count). The SMILES string of the molecule is COC(=O)CCCCCC[O]. The molecule has 0 aromatic heterocycles. The highest BCUT2D eigenvalue weighted by atomic mass is 16.5. The third-order valence-corrected chi connectivity index (χ3v) is 1.50. The van der Waals surface area contributed by atoms with E-state index in [2.05, 4.69) is 4.74 Å². The second kappa shape index (κ2) is 7.54. The second-order valence-corrected chi connectivity index (χ2v) is 2.44. The Labute approximate surface area is 67.4 Å². The second-order valence-electron chi connectivity index (χ2n) is 2.44. The molecule has 3 heteroatoms. The first kappa shape index (κ1) is 10.4. The quantitative estimate of drug-likeness (QED) is 0.436. The van der Waals surface area contributed by atoms with Gasteiger partial charge in [0, 0.05) is 6.42 Å². The monoisotopic (exact) mass is 159 g/mol. The van der Waals surface area contributed by atoms with Crippen LogP contribution in [-0.4, -0.2) is 19.7 Å². The van der Waals surface area contributed by atoms with Crippen molar-refractivity contribution in [1.29, 1.82) is 0 Å². The molecular weight excluding hydrogens is 144 g/mol. The van der Waals surface area contributed by atoms with Crippen molar-refractivity contribution < 1.29 is 14.6 Å². The van der Waals surface area contributed by atoms with Crippen molar-refractivity contribution in [3.63, 3.8) is 0 Å². The molecule has 0 saturated carbocycles. The number of ether oxygens (including phenoxy) is 1. The van der Waals surface area contributed by atoms with Gasteiger partial charge in [-0.1, -0.05) is 12.8 Å². The number of carbonyl (C=O) groups excluding carboxylic acids is 1. The zero-order valence-electron chi connectivity index (χ0n) is 6.97. The van der Waals surface area contributed by atoms with Crippen LogP contribution in [0, 0.1) is 0 Å². The van der Waals surface area contributed by atoms with Crippen molar-refractivity contribution in [3.8, 4) is 0 Å². The Hall–Kier alpha value is -0.570. The van der Waals surface area contributed by atoms with Crippen molar-refractivity contribution in [2.45, 2.75) is 32.1 Å². The first-order valence-electron chi connectivity index (χ1n) is 3.96. The first-order chi connectivity index (χ1) is 5.31. The summed E-state index contributed by atoms with van der Waals surface area (Å²) in [6.07, 6.45) is 3.93. The van der Waals surface area contributed by atoms with Crippen molar-refractivity contribution in [2.24, 2.45) is 0 Å². The molecule has 0 aromatic carbocycles. The molecule has 3 nitrogen and oxygen atoms in total. The molecule has 0 aliphatic heterocycles. The van der Waals surface area contributed by atoms with Gasteiger partial charge in [0.05, 0.1) is 13.7 Å². The van der Waals surface area contributed by atoms with E-state index in [0.29, 0.717) is 6.42 Å². The first-order valence-corrected chi connectivity index (χ1v) is 3.96. The van der Waals surface area contributed by atoms with Gasteiger partial charge >= 0.3 is 5.97 Å². The van der Waals surface area contributed by atoms with E-state index in [0.717, 1.165) is 25.7 Å². The maximum atomic E-state index is 10.6. The number of hydrogen-bond acceptors (Lipinski definition) is 2. The van der Waals surface area contributed by atoms with Crippen LogP contribution in [0.25, 0.3) is 0 Å². The molecule has 11 heavy (non-hydrogen) atoms. The van der Waals surface area contributed by atoms with E-state index >= 15 is 0 Å². The lowest BCUT2D eigenvalue weighted by atomic mass is 10.1. The molecule has 65 valence electrons. The molecule has 0 aliphatic carbocycles. The van der Waals surface area contributed by atoms with E-state index < -0.39 is 0 Å². The summed E-state index contributed by atoms with van der Waals surface area (Å²) in [7, 11) is 1.39. The molecule has 0 saturated heterocycles. The molecular formula is C8H15O3. The minimum atomic E-state index is -0.160. The van der Waals surface area contributed by atoms with Crippen LogP contribution in [0.4, 0.5) is 0 Å². The molecule has 0 N–H and O–H groups in total. The van der Waals surface area contributed by atoms with Gasteiger partial charge in [-0.25, -0.2) is 5.11 Å². The van der Waals surface area contributed by atoms with Crippen molar-refractivity contribution in [1.82, 2.24) is 0 Å². The summed E-state index contributed by atoms with van der Waals surface area (Å²) < 4.78 is 4.46. The Balaban J connectivity index is 2.95. The van der Waals surface area contributed by atoms with Gasteiger partial charge < -0.3 is 4.74 Å². The molecule has 0 bridgehead atoms. The normalized spacial score (nSPS) is 9.64. The van der Waals surface area contributed by atoms with Crippen LogP contribution < -0.4 is 0 Å². The third-order valence-electron chi connectivity index (χ3n) is 1.50. The fourth-order valence-corrected chi connectivity index (χ4v) is 0.827. The standard InChI is InChI=1S/C8H15O3/c1-11-8(10)6-4-2-3-5-7-9/h2-7H2,1H3. The van der Waals surface area contributed by atoms with Crippen LogP contribution in [0.3, 0.4) is 0 Å². The fraction of sp³-hybridized carbons (Fsp3) is 0.875. The topological polar surface area (TPSA) is 46.2 Å². The summed E-state index contributed by atoms with van der Waals surface area (Å²) in [4.78, 5) is 10.6. The van der Waals surface area contributed by atoms with Crippen LogP contribution in [0.15, 0.2) is 0 Å². The number of unbranched alkanes of at least 4 members (excludes halogenated alkanes) is 3. The number of hydrogen-bond donors (Lipinski definition) is 0. The summed E-state index contributed by atoms with van der Waals surface area (Å²) in [6.45, 7) is -0.00176. The van der Waals surface area contributed by atoms with Gasteiger partial charge in [0.15, 0.2) is 0 Å². The van der Waals surface area contributed by atoms with Gasteiger partial charge in [-0.05, 0) is 12.8 Å². The predicted molar refractivity (Wildman–Crippen MR) is 40.7 cm³/mol. The van der Waals surface area contributed by atoms with E-state index in [1.165, 1.54) is 7.11 Å². The van der Waals surface area contributed by atoms with Crippen LogP contribution >= 0.6 is 0 Å². The summed E-state index contributed by atoms with van der Waals surface area (Å²) in [5, 5.41) is 9.99. The van der Waals surface area contributed by atoms with E-state index in [-0.39, 0.29) is 12.6 Å². The van der Waals surface area contributed by atoms with Crippen LogP contribution in [0.1, 0.15) is 32.1 Å². The average molecular weight is 159 g/mol. The van der Waals surface area contributed by atoms with Gasteiger partial charge in [-0.3, -0.25) is 4.79 Å². The highest BCUT2D eigenvalue weighted by Gasteiger charge is 1.98. The van der Waals surface area contributed by atoms with E-state index in [1.54, 1.807) is 0 Å². The molecule has 0 heterocycles. The Kier molecular flexibility index (Phi) is 7.15. The van der Waals surface area contributed by atoms with E-state index in [4.69, 9.17) is 0 Å². The molecule has 0 amide bonds. The zero-order valence-corrected chi connectivity index (χ0v) is 6.97. The summed E-state index contributed by atoms with van der Waals surface area (Å²) >= 11 is 0. The highest BCUT2D eigenvalue weighted by molar-refractivity contribution is 5.68. The fourth-order valence-electron chi connectivity index (χ4n) is 0.827. The number of methoxy groups -OCH3 is 1. The molecule has 0 spiro atoms.